The summed E-state index contributed by atoms with van der Waals surface area (Å²) in [4.78, 5) is 0. The third kappa shape index (κ3) is 4.34. The Morgan fingerprint density at radius 3 is 2.55 bits per heavy atom. The number of halogens is 1. The first-order valence-electron chi connectivity index (χ1n) is 4.85. The molecule has 1 saturated carbocycles. The summed E-state index contributed by atoms with van der Waals surface area (Å²) in [6.07, 6.45) is 11.7. The van der Waals surface area contributed by atoms with E-state index in [1.807, 2.05) is 0 Å². The predicted molar refractivity (Wildman–Crippen MR) is 58.7 cm³/mol. The van der Waals surface area contributed by atoms with Crippen molar-refractivity contribution in [2.45, 2.75) is 51.4 Å². The number of hydrogen-bond acceptors (Lipinski definition) is 0. The third-order valence-electron chi connectivity index (χ3n) is 2.65. The van der Waals surface area contributed by atoms with E-state index in [0.29, 0.717) is 0 Å². The second-order valence-corrected chi connectivity index (χ2v) is 4.47. The van der Waals surface area contributed by atoms with E-state index in [4.69, 9.17) is 0 Å². The highest BCUT2D eigenvalue weighted by Gasteiger charge is 2.11. The zero-order valence-corrected chi connectivity index (χ0v) is 9.35. The summed E-state index contributed by atoms with van der Waals surface area (Å²) in [7, 11) is 0. The van der Waals surface area contributed by atoms with Gasteiger partial charge in [-0.3, -0.25) is 0 Å². The Bertz CT molecular complexity index is 84.9. The van der Waals surface area contributed by atoms with Gasteiger partial charge in [0.2, 0.25) is 0 Å². The van der Waals surface area contributed by atoms with Crippen LogP contribution in [0.25, 0.3) is 0 Å². The molecule has 0 heterocycles. The molecule has 1 aliphatic rings. The maximum absolute atomic E-state index is 2.36. The minimum absolute atomic E-state index is 1.08. The van der Waals surface area contributed by atoms with Gasteiger partial charge in [-0.2, -0.15) is 0 Å². The molecule has 0 spiro atoms. The summed E-state index contributed by atoms with van der Waals surface area (Å²) in [6.45, 7) is 0. The number of rotatable bonds is 4. The standard InChI is InChI=1S/C10H18I/c11-9-5-4-8-10-6-2-1-3-7-10/h9-10H,1-8H2. The number of unbranched alkanes of at least 4 members (excludes halogenated alkanes) is 1. The van der Waals surface area contributed by atoms with Gasteiger partial charge in [0.25, 0.3) is 0 Å². The van der Waals surface area contributed by atoms with Crippen molar-refractivity contribution < 1.29 is 0 Å². The van der Waals surface area contributed by atoms with Gasteiger partial charge in [0.05, 0.1) is 0 Å². The Balaban J connectivity index is 1.96. The molecule has 1 fully saturated rings. The fourth-order valence-electron chi connectivity index (χ4n) is 1.96. The molecular weight excluding hydrogens is 247 g/mol. The topological polar surface area (TPSA) is 0 Å². The normalized spacial score (nSPS) is 20.5. The van der Waals surface area contributed by atoms with Crippen molar-refractivity contribution in [2.24, 2.45) is 5.92 Å². The van der Waals surface area contributed by atoms with Gasteiger partial charge in [0, 0.05) is 4.43 Å². The maximum atomic E-state index is 2.36. The zero-order chi connectivity index (χ0) is 7.94. The summed E-state index contributed by atoms with van der Waals surface area (Å²) >= 11 is 2.36. The van der Waals surface area contributed by atoms with Gasteiger partial charge in [-0.25, -0.2) is 0 Å². The minimum Gasteiger partial charge on any atom is -0.0815 e. The smallest absolute Gasteiger partial charge is 0.0227 e. The van der Waals surface area contributed by atoms with Crippen LogP contribution < -0.4 is 0 Å². The Kier molecular flexibility index (Phi) is 5.59. The third-order valence-corrected chi connectivity index (χ3v) is 3.27. The first-order chi connectivity index (χ1) is 5.43. The molecule has 0 N–H and O–H groups in total. The Hall–Kier alpha value is 0.730. The van der Waals surface area contributed by atoms with E-state index in [0.717, 1.165) is 5.92 Å². The van der Waals surface area contributed by atoms with Crippen LogP contribution in [0, 0.1) is 10.3 Å². The SMILES string of the molecule is I[CH]CCCC1CCCCC1. The van der Waals surface area contributed by atoms with Crippen LogP contribution in [0.5, 0.6) is 0 Å². The molecule has 11 heavy (non-hydrogen) atoms. The quantitative estimate of drug-likeness (QED) is 0.524. The van der Waals surface area contributed by atoms with Crippen LogP contribution in [0.3, 0.4) is 0 Å². The van der Waals surface area contributed by atoms with Crippen LogP contribution in [0.4, 0.5) is 0 Å². The van der Waals surface area contributed by atoms with Gasteiger partial charge in [0.15, 0.2) is 0 Å². The molecular formula is C10H18I. The summed E-state index contributed by atoms with van der Waals surface area (Å²) in [5.74, 6) is 1.08. The predicted octanol–water partition coefficient (Wildman–Crippen LogP) is 4.33. The fraction of sp³-hybridized carbons (Fsp3) is 0.900. The Morgan fingerprint density at radius 1 is 1.18 bits per heavy atom. The molecule has 0 atom stereocenters. The molecule has 0 bridgehead atoms. The van der Waals surface area contributed by atoms with E-state index in [1.165, 1.54) is 51.4 Å². The van der Waals surface area contributed by atoms with Gasteiger partial charge in [-0.05, 0) is 12.3 Å². The molecule has 0 aromatic rings. The van der Waals surface area contributed by atoms with Crippen LogP contribution in [-0.4, -0.2) is 0 Å². The lowest BCUT2D eigenvalue weighted by Crippen LogP contribution is -2.05. The highest BCUT2D eigenvalue weighted by Crippen LogP contribution is 2.27. The lowest BCUT2D eigenvalue weighted by molar-refractivity contribution is 0.333. The molecule has 65 valence electrons. The largest absolute Gasteiger partial charge is 0.0815 e. The second kappa shape index (κ2) is 6.27. The minimum atomic E-state index is 1.08. The lowest BCUT2D eigenvalue weighted by atomic mass is 9.86. The summed E-state index contributed by atoms with van der Waals surface area (Å²) in [5.41, 5.74) is 0. The first-order valence-corrected chi connectivity index (χ1v) is 6.10. The van der Waals surface area contributed by atoms with Gasteiger partial charge in [0.1, 0.15) is 0 Å². The van der Waals surface area contributed by atoms with Crippen LogP contribution in [0.1, 0.15) is 51.4 Å². The zero-order valence-electron chi connectivity index (χ0n) is 7.19. The van der Waals surface area contributed by atoms with Crippen molar-refractivity contribution >= 4 is 22.6 Å². The van der Waals surface area contributed by atoms with Gasteiger partial charge in [-0.1, -0.05) is 67.5 Å². The van der Waals surface area contributed by atoms with E-state index in [1.54, 1.807) is 0 Å². The first kappa shape index (κ1) is 9.82. The van der Waals surface area contributed by atoms with Crippen molar-refractivity contribution in [1.82, 2.24) is 0 Å². The lowest BCUT2D eigenvalue weighted by Gasteiger charge is -2.20. The summed E-state index contributed by atoms with van der Waals surface area (Å²) in [6, 6.07) is 0. The van der Waals surface area contributed by atoms with Crippen molar-refractivity contribution in [3.8, 4) is 0 Å². The van der Waals surface area contributed by atoms with Crippen molar-refractivity contribution in [2.75, 3.05) is 0 Å². The van der Waals surface area contributed by atoms with E-state index in [2.05, 4.69) is 27.0 Å². The van der Waals surface area contributed by atoms with E-state index >= 15 is 0 Å². The van der Waals surface area contributed by atoms with Crippen molar-refractivity contribution in [1.29, 1.82) is 0 Å². The van der Waals surface area contributed by atoms with E-state index in [-0.39, 0.29) is 0 Å². The second-order valence-electron chi connectivity index (χ2n) is 3.59. The molecule has 1 rings (SSSR count). The Labute approximate surface area is 84.3 Å². The highest BCUT2D eigenvalue weighted by atomic mass is 127. The van der Waals surface area contributed by atoms with Crippen molar-refractivity contribution in [3.63, 3.8) is 0 Å². The Morgan fingerprint density at radius 2 is 1.91 bits per heavy atom. The number of hydrogen-bond donors (Lipinski definition) is 0. The fourth-order valence-corrected chi connectivity index (χ4v) is 2.40. The van der Waals surface area contributed by atoms with Crippen molar-refractivity contribution in [3.05, 3.63) is 4.43 Å². The molecule has 0 nitrogen and oxygen atoms in total. The molecule has 1 heteroatoms. The molecule has 0 saturated heterocycles. The molecule has 0 amide bonds. The van der Waals surface area contributed by atoms with Crippen LogP contribution in [0.2, 0.25) is 0 Å². The van der Waals surface area contributed by atoms with Crippen LogP contribution in [0.15, 0.2) is 0 Å². The van der Waals surface area contributed by atoms with Crippen LogP contribution >= 0.6 is 22.6 Å². The maximum Gasteiger partial charge on any atom is 0.0227 e. The van der Waals surface area contributed by atoms with Gasteiger partial charge >= 0.3 is 0 Å². The molecule has 1 radical (unpaired) electrons. The van der Waals surface area contributed by atoms with E-state index in [9.17, 15) is 0 Å². The molecule has 0 unspecified atom stereocenters. The molecule has 0 aliphatic heterocycles. The van der Waals surface area contributed by atoms with Crippen LogP contribution in [-0.2, 0) is 0 Å². The average molecular weight is 265 g/mol. The molecule has 1 aliphatic carbocycles. The van der Waals surface area contributed by atoms with Gasteiger partial charge in [-0.15, -0.1) is 0 Å². The van der Waals surface area contributed by atoms with E-state index < -0.39 is 0 Å². The average Bonchev–Trinajstić information content (AvgIpc) is 2.07. The monoisotopic (exact) mass is 265 g/mol. The van der Waals surface area contributed by atoms with Gasteiger partial charge < -0.3 is 0 Å². The molecule has 0 aromatic carbocycles. The highest BCUT2D eigenvalue weighted by molar-refractivity contribution is 14.1. The molecule has 0 aromatic heterocycles. The summed E-state index contributed by atoms with van der Waals surface area (Å²) in [5, 5.41) is 0. The summed E-state index contributed by atoms with van der Waals surface area (Å²) < 4.78 is 2.26.